The highest BCUT2D eigenvalue weighted by Gasteiger charge is 2.54. The van der Waals surface area contributed by atoms with Gasteiger partial charge in [-0.1, -0.05) is 51.0 Å². The Hall–Kier alpha value is -0.970. The van der Waals surface area contributed by atoms with Gasteiger partial charge in [-0.15, -0.1) is 0 Å². The number of fused-ring (bicyclic) bond motifs is 1. The van der Waals surface area contributed by atoms with E-state index in [1.807, 2.05) is 27.7 Å². The van der Waals surface area contributed by atoms with Crippen molar-refractivity contribution in [3.05, 3.63) is 35.5 Å². The van der Waals surface area contributed by atoms with Gasteiger partial charge in [-0.3, -0.25) is 0 Å². The van der Waals surface area contributed by atoms with E-state index in [9.17, 15) is 19.7 Å². The summed E-state index contributed by atoms with van der Waals surface area (Å²) in [6, 6.07) is 0. The molecule has 0 amide bonds. The molecule has 3 rings (SSSR count). The van der Waals surface area contributed by atoms with E-state index in [1.165, 1.54) is 31.3 Å². The molecule has 0 aromatic heterocycles. The van der Waals surface area contributed by atoms with Crippen LogP contribution in [-0.2, 0) is 0 Å². The monoisotopic (exact) mass is 518 g/mol. The van der Waals surface area contributed by atoms with Crippen LogP contribution in [0.25, 0.3) is 0 Å². The molecule has 37 heavy (non-hydrogen) atoms. The Morgan fingerprint density at radius 1 is 0.973 bits per heavy atom. The first-order chi connectivity index (χ1) is 17.0. The summed E-state index contributed by atoms with van der Waals surface area (Å²) in [6.07, 6.45) is 15.0. The summed E-state index contributed by atoms with van der Waals surface area (Å²) in [5.41, 5.74) is 2.01. The maximum Gasteiger partial charge on any atom is 0.127 e. The van der Waals surface area contributed by atoms with Gasteiger partial charge in [0.15, 0.2) is 0 Å². The number of alkyl halides is 1. The van der Waals surface area contributed by atoms with E-state index in [1.54, 1.807) is 0 Å². The fraction of sp³-hybridized carbons (Fsp3) is 0.818. The number of aliphatic hydroxyl groups is 3. The molecule has 5 atom stereocenters. The number of hydrogen-bond acceptors (Lipinski definition) is 3. The van der Waals surface area contributed by atoms with Gasteiger partial charge in [0.05, 0.1) is 17.3 Å². The second-order valence-electron chi connectivity index (χ2n) is 14.5. The molecular weight excluding hydrogens is 463 g/mol. The van der Waals surface area contributed by atoms with Crippen molar-refractivity contribution < 1.29 is 19.7 Å². The molecule has 3 fully saturated rings. The van der Waals surface area contributed by atoms with Gasteiger partial charge in [-0.2, -0.15) is 0 Å². The van der Waals surface area contributed by atoms with Gasteiger partial charge in [-0.25, -0.2) is 4.39 Å². The Labute approximate surface area is 226 Å². The van der Waals surface area contributed by atoms with Crippen molar-refractivity contribution in [2.75, 3.05) is 0 Å². The highest BCUT2D eigenvalue weighted by molar-refractivity contribution is 5.38. The first kappa shape index (κ1) is 30.6. The molecule has 3 nitrogen and oxygen atoms in total. The van der Waals surface area contributed by atoms with Crippen molar-refractivity contribution in [2.24, 2.45) is 22.7 Å². The van der Waals surface area contributed by atoms with Crippen molar-refractivity contribution >= 4 is 0 Å². The normalized spacial score (nSPS) is 33.8. The van der Waals surface area contributed by atoms with Crippen LogP contribution in [0.2, 0.25) is 0 Å². The first-order valence-electron chi connectivity index (χ1n) is 14.9. The minimum Gasteiger partial charge on any atom is -0.393 e. The summed E-state index contributed by atoms with van der Waals surface area (Å²) in [4.78, 5) is 0. The summed E-state index contributed by atoms with van der Waals surface area (Å²) >= 11 is 0. The van der Waals surface area contributed by atoms with Crippen molar-refractivity contribution in [2.45, 2.75) is 148 Å². The largest absolute Gasteiger partial charge is 0.393 e. The van der Waals surface area contributed by atoms with E-state index >= 15 is 0 Å². The zero-order valence-electron chi connectivity index (χ0n) is 24.6. The number of aliphatic hydroxyl groups excluding tert-OH is 1. The van der Waals surface area contributed by atoms with Gasteiger partial charge >= 0.3 is 0 Å². The van der Waals surface area contributed by atoms with Crippen LogP contribution in [0.5, 0.6) is 0 Å². The second-order valence-corrected chi connectivity index (χ2v) is 14.5. The van der Waals surface area contributed by atoms with Crippen LogP contribution in [0, 0.1) is 22.7 Å². The second kappa shape index (κ2) is 11.6. The van der Waals surface area contributed by atoms with E-state index in [0.717, 1.165) is 50.5 Å². The molecule has 0 radical (unpaired) electrons. The van der Waals surface area contributed by atoms with Crippen molar-refractivity contribution in [1.82, 2.24) is 0 Å². The van der Waals surface area contributed by atoms with Crippen LogP contribution < -0.4 is 0 Å². The molecule has 0 aromatic carbocycles. The quantitative estimate of drug-likeness (QED) is 0.275. The van der Waals surface area contributed by atoms with E-state index in [0.29, 0.717) is 23.8 Å². The van der Waals surface area contributed by atoms with Gasteiger partial charge in [0.25, 0.3) is 0 Å². The summed E-state index contributed by atoms with van der Waals surface area (Å²) in [5, 5.41) is 30.8. The summed E-state index contributed by atoms with van der Waals surface area (Å²) in [6.45, 7) is 16.6. The Bertz CT molecular complexity index is 838. The van der Waals surface area contributed by atoms with Crippen LogP contribution in [0.1, 0.15) is 125 Å². The maximum atomic E-state index is 14.3. The molecule has 0 heterocycles. The predicted octanol–water partition coefficient (Wildman–Crippen LogP) is 7.99. The lowest BCUT2D eigenvalue weighted by Crippen LogP contribution is -2.41. The molecule has 0 aliphatic heterocycles. The molecule has 3 aliphatic carbocycles. The number of rotatable bonds is 10. The lowest BCUT2D eigenvalue weighted by atomic mass is 9.55. The molecule has 3 saturated carbocycles. The van der Waals surface area contributed by atoms with Crippen LogP contribution in [0.3, 0.4) is 0 Å². The molecule has 0 saturated heterocycles. The molecule has 4 heteroatoms. The molecule has 0 spiro atoms. The molecule has 3 N–H and O–H groups in total. The number of allylic oxidation sites excluding steroid dienone is 4. The summed E-state index contributed by atoms with van der Waals surface area (Å²) in [5.74, 6) is 1.14. The fourth-order valence-corrected chi connectivity index (χ4v) is 8.14. The Kier molecular flexibility index (Phi) is 9.62. The SMILES string of the molecule is C=C1/C(=C\C=C2CCC[C@@]3(C)C2CC[C@@H]3C(C)(CCCC(C)(C)O)CCCC(C)(C)O)C[C@@H](O)C[C@H]1F. The van der Waals surface area contributed by atoms with E-state index in [-0.39, 0.29) is 17.3 Å². The molecular formula is C33H55FO3. The highest BCUT2D eigenvalue weighted by atomic mass is 19.1. The number of halogens is 1. The van der Waals surface area contributed by atoms with E-state index < -0.39 is 23.5 Å². The van der Waals surface area contributed by atoms with E-state index in [2.05, 4.69) is 32.6 Å². The van der Waals surface area contributed by atoms with Gasteiger partial charge in [0, 0.05) is 6.42 Å². The van der Waals surface area contributed by atoms with Gasteiger partial charge < -0.3 is 15.3 Å². The molecule has 3 aliphatic rings. The zero-order valence-corrected chi connectivity index (χ0v) is 24.6. The Morgan fingerprint density at radius 3 is 2.14 bits per heavy atom. The summed E-state index contributed by atoms with van der Waals surface area (Å²) in [7, 11) is 0. The van der Waals surface area contributed by atoms with Crippen LogP contribution >= 0.6 is 0 Å². The van der Waals surface area contributed by atoms with Gasteiger partial charge in [0.1, 0.15) is 6.17 Å². The molecule has 1 unspecified atom stereocenters. The van der Waals surface area contributed by atoms with E-state index in [4.69, 9.17) is 0 Å². The molecule has 212 valence electrons. The lowest BCUT2D eigenvalue weighted by Gasteiger charge is -2.50. The highest BCUT2D eigenvalue weighted by Crippen LogP contribution is 2.64. The van der Waals surface area contributed by atoms with Gasteiger partial charge in [0.2, 0.25) is 0 Å². The average Bonchev–Trinajstić information content (AvgIpc) is 3.11. The number of hydrogen-bond donors (Lipinski definition) is 3. The van der Waals surface area contributed by atoms with Crippen molar-refractivity contribution in [3.63, 3.8) is 0 Å². The predicted molar refractivity (Wildman–Crippen MR) is 152 cm³/mol. The third kappa shape index (κ3) is 7.79. The smallest absolute Gasteiger partial charge is 0.127 e. The third-order valence-corrected chi connectivity index (χ3v) is 10.1. The topological polar surface area (TPSA) is 60.7 Å². The summed E-state index contributed by atoms with van der Waals surface area (Å²) < 4.78 is 14.3. The molecule has 0 bridgehead atoms. The zero-order chi connectivity index (χ0) is 27.6. The maximum absolute atomic E-state index is 14.3. The van der Waals surface area contributed by atoms with Crippen molar-refractivity contribution in [3.8, 4) is 0 Å². The van der Waals surface area contributed by atoms with Crippen LogP contribution in [0.15, 0.2) is 35.5 Å². The Morgan fingerprint density at radius 2 is 1.57 bits per heavy atom. The fourth-order valence-electron chi connectivity index (χ4n) is 8.14. The standard InChI is InChI=1S/C33H55FO3/c1-23-25(21-26(35)22-28(23)34)13-12-24-11-8-20-33(7)27(24)14-15-29(33)32(6,18-9-16-30(2,3)36)19-10-17-31(4,5)37/h12-13,26-29,35-37H,1,8-11,14-22H2,2-7H3/b24-12?,25-13-/t26-,27?,28-,29-,33+/m1/s1. The van der Waals surface area contributed by atoms with Crippen molar-refractivity contribution in [1.29, 1.82) is 0 Å². The molecule has 0 aromatic rings. The minimum absolute atomic E-state index is 0.161. The minimum atomic E-state index is -1.14. The Balaban J connectivity index is 1.83. The van der Waals surface area contributed by atoms with Crippen LogP contribution in [0.4, 0.5) is 4.39 Å². The van der Waals surface area contributed by atoms with Gasteiger partial charge in [-0.05, 0) is 126 Å². The average molecular weight is 519 g/mol. The third-order valence-electron chi connectivity index (χ3n) is 10.1. The first-order valence-corrected chi connectivity index (χ1v) is 14.9. The van der Waals surface area contributed by atoms with Crippen LogP contribution in [-0.4, -0.2) is 38.8 Å². The lowest BCUT2D eigenvalue weighted by molar-refractivity contribution is 0.00528.